The third-order valence-corrected chi connectivity index (χ3v) is 5.75. The highest BCUT2D eigenvalue weighted by Gasteiger charge is 2.54. The molecule has 0 saturated heterocycles. The van der Waals surface area contributed by atoms with Crippen molar-refractivity contribution < 1.29 is 24.2 Å². The van der Waals surface area contributed by atoms with E-state index in [4.69, 9.17) is 0 Å². The van der Waals surface area contributed by atoms with Crippen molar-refractivity contribution in [1.29, 1.82) is 0 Å². The maximum absolute atomic E-state index is 12.5. The minimum absolute atomic E-state index is 0.107. The van der Waals surface area contributed by atoms with Crippen LogP contribution in [0.4, 0.5) is 5.13 Å². The van der Waals surface area contributed by atoms with Gasteiger partial charge in [-0.15, -0.1) is 11.3 Å². The molecule has 1 amide bonds. The van der Waals surface area contributed by atoms with Gasteiger partial charge in [0.25, 0.3) is 0 Å². The third kappa shape index (κ3) is 3.08. The number of ether oxygens (including phenoxy) is 1. The smallest absolute Gasteiger partial charge is 0.310 e. The van der Waals surface area contributed by atoms with Crippen LogP contribution >= 0.6 is 11.3 Å². The van der Waals surface area contributed by atoms with E-state index in [1.807, 2.05) is 0 Å². The van der Waals surface area contributed by atoms with Gasteiger partial charge in [0, 0.05) is 11.1 Å². The van der Waals surface area contributed by atoms with E-state index in [1.165, 1.54) is 24.6 Å². The number of nitrogens with one attached hydrogen (secondary N) is 1. The molecule has 1 heterocycles. The van der Waals surface area contributed by atoms with Crippen LogP contribution in [0.15, 0.2) is 6.20 Å². The quantitative estimate of drug-likeness (QED) is 0.789. The maximum Gasteiger partial charge on any atom is 0.310 e. The number of methoxy groups -OCH3 is 1. The molecule has 23 heavy (non-hydrogen) atoms. The Hall–Kier alpha value is -1.96. The van der Waals surface area contributed by atoms with E-state index >= 15 is 0 Å². The number of carboxylic acids is 1. The maximum atomic E-state index is 12.5. The van der Waals surface area contributed by atoms with E-state index in [-0.39, 0.29) is 30.1 Å². The Balaban J connectivity index is 1.67. The molecule has 2 fully saturated rings. The second-order valence-electron chi connectivity index (χ2n) is 6.10. The number of esters is 1. The number of hydrogen-bond donors (Lipinski definition) is 2. The van der Waals surface area contributed by atoms with Crippen LogP contribution in [0.1, 0.15) is 24.1 Å². The molecule has 8 heteroatoms. The summed E-state index contributed by atoms with van der Waals surface area (Å²) in [5.74, 6) is -2.35. The lowest BCUT2D eigenvalue weighted by Crippen LogP contribution is -2.37. The highest BCUT2D eigenvalue weighted by molar-refractivity contribution is 7.15. The molecular weight excluding hydrogens is 320 g/mol. The van der Waals surface area contributed by atoms with Gasteiger partial charge >= 0.3 is 11.9 Å². The van der Waals surface area contributed by atoms with Crippen LogP contribution in [0.2, 0.25) is 0 Å². The summed E-state index contributed by atoms with van der Waals surface area (Å²) in [6.45, 7) is 0. The fourth-order valence-corrected chi connectivity index (χ4v) is 4.67. The highest BCUT2D eigenvalue weighted by Crippen LogP contribution is 2.52. The van der Waals surface area contributed by atoms with Gasteiger partial charge in [0.1, 0.15) is 0 Å². The van der Waals surface area contributed by atoms with Gasteiger partial charge in [0.15, 0.2) is 5.13 Å². The summed E-state index contributed by atoms with van der Waals surface area (Å²) in [5.41, 5.74) is 0. The zero-order valence-electron chi connectivity index (χ0n) is 12.7. The molecule has 2 aliphatic carbocycles. The molecule has 124 valence electrons. The van der Waals surface area contributed by atoms with Gasteiger partial charge in [0.2, 0.25) is 5.91 Å². The summed E-state index contributed by atoms with van der Waals surface area (Å²) in [5, 5.41) is 12.5. The summed E-state index contributed by atoms with van der Waals surface area (Å²) < 4.78 is 4.59. The van der Waals surface area contributed by atoms with Crippen molar-refractivity contribution in [2.75, 3.05) is 12.4 Å². The van der Waals surface area contributed by atoms with Gasteiger partial charge < -0.3 is 15.2 Å². The van der Waals surface area contributed by atoms with E-state index in [2.05, 4.69) is 15.0 Å². The highest BCUT2D eigenvalue weighted by atomic mass is 32.1. The van der Waals surface area contributed by atoms with Crippen molar-refractivity contribution in [3.05, 3.63) is 11.1 Å². The summed E-state index contributed by atoms with van der Waals surface area (Å²) in [7, 11) is 1.31. The number of fused-ring (bicyclic) bond motifs is 2. The number of rotatable bonds is 5. The minimum Gasteiger partial charge on any atom is -0.481 e. The number of amides is 1. The van der Waals surface area contributed by atoms with Crippen molar-refractivity contribution in [3.63, 3.8) is 0 Å². The van der Waals surface area contributed by atoms with Crippen molar-refractivity contribution in [2.24, 2.45) is 23.7 Å². The van der Waals surface area contributed by atoms with Gasteiger partial charge in [0.05, 0.1) is 25.4 Å². The number of anilines is 1. The number of aromatic nitrogens is 1. The molecule has 0 aromatic carbocycles. The Kier molecular flexibility index (Phi) is 4.34. The van der Waals surface area contributed by atoms with Crippen LogP contribution in [0.3, 0.4) is 0 Å². The van der Waals surface area contributed by atoms with Crippen LogP contribution in [0.5, 0.6) is 0 Å². The molecule has 7 nitrogen and oxygen atoms in total. The molecule has 0 aliphatic heterocycles. The topological polar surface area (TPSA) is 106 Å². The van der Waals surface area contributed by atoms with Gasteiger partial charge in [-0.25, -0.2) is 4.98 Å². The fraction of sp³-hybridized carbons (Fsp3) is 0.600. The second-order valence-corrected chi connectivity index (χ2v) is 7.21. The summed E-state index contributed by atoms with van der Waals surface area (Å²) in [4.78, 5) is 40.0. The molecule has 0 unspecified atom stereocenters. The number of aliphatic carboxylic acids is 1. The third-order valence-electron chi connectivity index (χ3n) is 4.83. The van der Waals surface area contributed by atoms with Gasteiger partial charge in [-0.05, 0) is 31.1 Å². The lowest BCUT2D eigenvalue weighted by atomic mass is 9.79. The molecule has 2 saturated carbocycles. The van der Waals surface area contributed by atoms with Crippen LogP contribution < -0.4 is 5.32 Å². The predicted octanol–water partition coefficient (Wildman–Crippen LogP) is 1.54. The van der Waals surface area contributed by atoms with Gasteiger partial charge in [-0.2, -0.15) is 0 Å². The van der Waals surface area contributed by atoms with E-state index in [0.717, 1.165) is 19.3 Å². The van der Waals surface area contributed by atoms with Crippen molar-refractivity contribution in [2.45, 2.75) is 25.7 Å². The zero-order chi connectivity index (χ0) is 16.6. The zero-order valence-corrected chi connectivity index (χ0v) is 13.5. The van der Waals surface area contributed by atoms with Crippen molar-refractivity contribution >= 4 is 34.3 Å². The van der Waals surface area contributed by atoms with Crippen LogP contribution in [0.25, 0.3) is 0 Å². The minimum atomic E-state index is -0.886. The van der Waals surface area contributed by atoms with Gasteiger partial charge in [-0.1, -0.05) is 0 Å². The molecule has 2 bridgehead atoms. The van der Waals surface area contributed by atoms with Crippen LogP contribution in [0, 0.1) is 23.7 Å². The first kappa shape index (κ1) is 15.9. The number of carbonyl (C=O) groups is 3. The normalized spacial score (nSPS) is 28.6. The molecule has 1 aromatic heterocycles. The average Bonchev–Trinajstić information content (AvgIpc) is 3.22. The summed E-state index contributed by atoms with van der Waals surface area (Å²) >= 11 is 1.20. The largest absolute Gasteiger partial charge is 0.481 e. The summed E-state index contributed by atoms with van der Waals surface area (Å²) in [6.07, 6.45) is 4.26. The van der Waals surface area contributed by atoms with Crippen LogP contribution in [-0.2, 0) is 25.5 Å². The second kappa shape index (κ2) is 6.27. The molecule has 2 aliphatic rings. The number of nitrogens with zero attached hydrogens (tertiary/aromatic N) is 1. The fourth-order valence-electron chi connectivity index (χ4n) is 3.87. The lowest BCUT2D eigenvalue weighted by Gasteiger charge is -2.26. The molecule has 2 N–H and O–H groups in total. The molecule has 4 atom stereocenters. The van der Waals surface area contributed by atoms with E-state index in [0.29, 0.717) is 10.0 Å². The van der Waals surface area contributed by atoms with E-state index in [1.54, 1.807) is 0 Å². The van der Waals surface area contributed by atoms with Crippen molar-refractivity contribution in [1.82, 2.24) is 4.98 Å². The Labute approximate surface area is 137 Å². The summed E-state index contributed by atoms with van der Waals surface area (Å²) in [6, 6.07) is 0. The molecular formula is C15H18N2O5S. The van der Waals surface area contributed by atoms with Crippen molar-refractivity contribution in [3.8, 4) is 0 Å². The number of carbonyl (C=O) groups excluding carboxylic acids is 2. The first-order chi connectivity index (χ1) is 11.0. The average molecular weight is 338 g/mol. The molecule has 3 rings (SSSR count). The molecule has 0 radical (unpaired) electrons. The monoisotopic (exact) mass is 338 g/mol. The molecule has 0 spiro atoms. The number of hydrogen-bond acceptors (Lipinski definition) is 6. The Morgan fingerprint density at radius 1 is 1.35 bits per heavy atom. The van der Waals surface area contributed by atoms with E-state index in [9.17, 15) is 19.5 Å². The SMILES string of the molecule is COC(=O)Cc1cnc(NC(=O)[C@@H]2[C@H]3CC[C@H](C3)[C@H]2C(=O)O)s1. The first-order valence-corrected chi connectivity index (χ1v) is 8.36. The Bertz CT molecular complexity index is 644. The Morgan fingerprint density at radius 2 is 2.04 bits per heavy atom. The lowest BCUT2D eigenvalue weighted by molar-refractivity contribution is -0.148. The first-order valence-electron chi connectivity index (χ1n) is 7.54. The molecule has 1 aromatic rings. The number of thiazole rings is 1. The number of carboxylic acid groups (broad SMARTS) is 1. The Morgan fingerprint density at radius 3 is 2.70 bits per heavy atom. The van der Waals surface area contributed by atoms with Crippen LogP contribution in [-0.4, -0.2) is 35.0 Å². The predicted molar refractivity (Wildman–Crippen MR) is 81.9 cm³/mol. The van der Waals surface area contributed by atoms with E-state index < -0.39 is 17.8 Å². The van der Waals surface area contributed by atoms with Gasteiger partial charge in [-0.3, -0.25) is 14.4 Å². The standard InChI is InChI=1S/C15H18N2O5S/c1-22-10(18)5-9-6-16-15(23-9)17-13(19)11-7-2-3-8(4-7)12(11)14(20)21/h6-8,11-12H,2-5H2,1H3,(H,20,21)(H,16,17,19)/t7-,8+,11+,12+/m0/s1.